The van der Waals surface area contributed by atoms with E-state index in [1.807, 2.05) is 62.3 Å². The SMILES string of the molecule is Cc1ccc2c(c1)Nc1c(cnn1C)CN2C(=O)c1ccc(CNC(=O)C2CCN(CCC(C)(C)C)CC2)cc1C. The minimum Gasteiger partial charge on any atom is -0.352 e. The molecule has 1 fully saturated rings. The second kappa shape index (κ2) is 11.7. The number of rotatable bonds is 6. The molecule has 41 heavy (non-hydrogen) atoms. The van der Waals surface area contributed by atoms with Crippen molar-refractivity contribution >= 4 is 29.0 Å². The fourth-order valence-electron chi connectivity index (χ4n) is 5.78. The summed E-state index contributed by atoms with van der Waals surface area (Å²) in [5, 5.41) is 11.0. The minimum atomic E-state index is -0.0556. The van der Waals surface area contributed by atoms with Crippen LogP contribution in [0.4, 0.5) is 17.2 Å². The second-order valence-corrected chi connectivity index (χ2v) is 13.0. The number of nitrogens with one attached hydrogen (secondary N) is 2. The van der Waals surface area contributed by atoms with Gasteiger partial charge >= 0.3 is 0 Å². The lowest BCUT2D eigenvalue weighted by Gasteiger charge is -2.33. The van der Waals surface area contributed by atoms with Crippen molar-refractivity contribution in [1.29, 1.82) is 0 Å². The van der Waals surface area contributed by atoms with Gasteiger partial charge in [-0.3, -0.25) is 14.3 Å². The van der Waals surface area contributed by atoms with Crippen molar-refractivity contribution < 1.29 is 9.59 Å². The molecule has 0 bridgehead atoms. The molecule has 0 aliphatic carbocycles. The second-order valence-electron chi connectivity index (χ2n) is 13.0. The molecule has 3 heterocycles. The van der Waals surface area contributed by atoms with Crippen molar-refractivity contribution in [3.8, 4) is 0 Å². The molecule has 1 aromatic heterocycles. The van der Waals surface area contributed by atoms with Gasteiger partial charge in [0.15, 0.2) is 0 Å². The summed E-state index contributed by atoms with van der Waals surface area (Å²) in [6, 6.07) is 12.0. The highest BCUT2D eigenvalue weighted by Crippen LogP contribution is 2.37. The lowest BCUT2D eigenvalue weighted by molar-refractivity contribution is -0.126. The fourth-order valence-corrected chi connectivity index (χ4v) is 5.78. The van der Waals surface area contributed by atoms with Gasteiger partial charge in [-0.15, -0.1) is 0 Å². The van der Waals surface area contributed by atoms with Gasteiger partial charge in [0.2, 0.25) is 5.91 Å². The standard InChI is InChI=1S/C33H44N6O2/c1-22-7-10-29-28(17-22)36-30-26(20-35-37(30)6)21-39(29)32(41)27-9-8-24(18-23(27)2)19-34-31(40)25-11-14-38(15-12-25)16-13-33(3,4)5/h7-10,17-18,20,25,36H,11-16,19,21H2,1-6H3,(H,34,40). The molecule has 2 aromatic carbocycles. The van der Waals surface area contributed by atoms with Crippen molar-refractivity contribution in [2.75, 3.05) is 29.9 Å². The Labute approximate surface area is 244 Å². The molecule has 5 rings (SSSR count). The lowest BCUT2D eigenvalue weighted by atomic mass is 9.90. The van der Waals surface area contributed by atoms with Gasteiger partial charge < -0.3 is 20.4 Å². The zero-order valence-corrected chi connectivity index (χ0v) is 25.4. The average Bonchev–Trinajstić information content (AvgIpc) is 3.18. The van der Waals surface area contributed by atoms with E-state index in [1.54, 1.807) is 4.68 Å². The summed E-state index contributed by atoms with van der Waals surface area (Å²) in [5.74, 6) is 1.04. The number of hydrogen-bond donors (Lipinski definition) is 2. The number of aryl methyl sites for hydroxylation is 3. The third kappa shape index (κ3) is 6.64. The Morgan fingerprint density at radius 1 is 1.07 bits per heavy atom. The first-order chi connectivity index (χ1) is 19.5. The smallest absolute Gasteiger partial charge is 0.258 e. The molecule has 0 radical (unpaired) electrons. The predicted octanol–water partition coefficient (Wildman–Crippen LogP) is 5.71. The highest BCUT2D eigenvalue weighted by atomic mass is 16.2. The number of amides is 2. The Kier molecular flexibility index (Phi) is 8.23. The number of carbonyl (C=O) groups excluding carboxylic acids is 2. The van der Waals surface area contributed by atoms with Crippen LogP contribution in [-0.4, -0.2) is 46.1 Å². The molecule has 3 aromatic rings. The number of nitrogens with zero attached hydrogens (tertiary/aromatic N) is 4. The average molecular weight is 557 g/mol. The first-order valence-corrected chi connectivity index (χ1v) is 14.8. The third-order valence-electron chi connectivity index (χ3n) is 8.41. The molecule has 8 heteroatoms. The summed E-state index contributed by atoms with van der Waals surface area (Å²) in [4.78, 5) is 31.2. The van der Waals surface area contributed by atoms with Gasteiger partial charge in [0, 0.05) is 30.6 Å². The molecule has 0 atom stereocenters. The number of hydrogen-bond acceptors (Lipinski definition) is 5. The topological polar surface area (TPSA) is 82.5 Å². The molecular weight excluding hydrogens is 512 g/mol. The molecule has 2 N–H and O–H groups in total. The largest absolute Gasteiger partial charge is 0.352 e. The van der Waals surface area contributed by atoms with Crippen molar-refractivity contribution in [1.82, 2.24) is 20.0 Å². The van der Waals surface area contributed by atoms with Gasteiger partial charge in [-0.25, -0.2) is 0 Å². The van der Waals surface area contributed by atoms with Crippen LogP contribution in [0.5, 0.6) is 0 Å². The maximum absolute atomic E-state index is 13.9. The lowest BCUT2D eigenvalue weighted by Crippen LogP contribution is -2.41. The minimum absolute atomic E-state index is 0.0556. The molecule has 0 spiro atoms. The quantitative estimate of drug-likeness (QED) is 0.407. The predicted molar refractivity (Wildman–Crippen MR) is 164 cm³/mol. The van der Waals surface area contributed by atoms with Crippen LogP contribution in [-0.2, 0) is 24.9 Å². The number of piperidine rings is 1. The number of carbonyl (C=O) groups is 2. The molecule has 2 aliphatic rings. The van der Waals surface area contributed by atoms with Crippen molar-refractivity contribution in [2.45, 2.75) is 67.0 Å². The number of benzene rings is 2. The highest BCUT2D eigenvalue weighted by molar-refractivity contribution is 6.09. The molecule has 0 unspecified atom stereocenters. The van der Waals surface area contributed by atoms with Gasteiger partial charge in [0.1, 0.15) is 5.82 Å². The van der Waals surface area contributed by atoms with Gasteiger partial charge in [-0.2, -0.15) is 5.10 Å². The van der Waals surface area contributed by atoms with Crippen LogP contribution in [0, 0.1) is 25.2 Å². The summed E-state index contributed by atoms with van der Waals surface area (Å²) in [7, 11) is 1.90. The molecule has 2 amide bonds. The summed E-state index contributed by atoms with van der Waals surface area (Å²) in [5.41, 5.74) is 6.69. The maximum Gasteiger partial charge on any atom is 0.258 e. The van der Waals surface area contributed by atoms with E-state index >= 15 is 0 Å². The number of likely N-dealkylation sites (tertiary alicyclic amines) is 1. The van der Waals surface area contributed by atoms with Gasteiger partial charge in [-0.1, -0.05) is 39.0 Å². The Hall–Kier alpha value is -3.65. The molecule has 1 saturated heterocycles. The summed E-state index contributed by atoms with van der Waals surface area (Å²) in [6.45, 7) is 14.8. The Morgan fingerprint density at radius 2 is 1.83 bits per heavy atom. The van der Waals surface area contributed by atoms with Gasteiger partial charge in [0.05, 0.1) is 24.1 Å². The van der Waals surface area contributed by atoms with Crippen LogP contribution in [0.25, 0.3) is 0 Å². The van der Waals surface area contributed by atoms with Crippen LogP contribution >= 0.6 is 0 Å². The maximum atomic E-state index is 13.9. The fraction of sp³-hybridized carbons (Fsp3) is 0.485. The van der Waals surface area contributed by atoms with E-state index in [9.17, 15) is 9.59 Å². The van der Waals surface area contributed by atoms with E-state index in [0.29, 0.717) is 24.1 Å². The summed E-state index contributed by atoms with van der Waals surface area (Å²) >= 11 is 0. The third-order valence-corrected chi connectivity index (χ3v) is 8.41. The van der Waals surface area contributed by atoms with E-state index < -0.39 is 0 Å². The van der Waals surface area contributed by atoms with Crippen molar-refractivity contribution in [2.24, 2.45) is 18.4 Å². The van der Waals surface area contributed by atoms with Crippen LogP contribution in [0.2, 0.25) is 0 Å². The van der Waals surface area contributed by atoms with Gasteiger partial charge in [-0.05, 0) is 93.0 Å². The van der Waals surface area contributed by atoms with E-state index in [4.69, 9.17) is 0 Å². The zero-order valence-electron chi connectivity index (χ0n) is 25.4. The normalized spacial score (nSPS) is 16.0. The Morgan fingerprint density at radius 3 is 2.54 bits per heavy atom. The first-order valence-electron chi connectivity index (χ1n) is 14.8. The Bertz CT molecular complexity index is 1430. The van der Waals surface area contributed by atoms with Crippen molar-refractivity contribution in [3.63, 3.8) is 0 Å². The van der Waals surface area contributed by atoms with Crippen LogP contribution < -0.4 is 15.5 Å². The monoisotopic (exact) mass is 556 g/mol. The highest BCUT2D eigenvalue weighted by Gasteiger charge is 2.28. The molecule has 0 saturated carbocycles. The molecule has 8 nitrogen and oxygen atoms in total. The van der Waals surface area contributed by atoms with Crippen LogP contribution in [0.3, 0.4) is 0 Å². The number of aromatic nitrogens is 2. The van der Waals surface area contributed by atoms with E-state index in [-0.39, 0.29) is 17.7 Å². The Balaban J connectivity index is 1.23. The molecule has 2 aliphatic heterocycles. The summed E-state index contributed by atoms with van der Waals surface area (Å²) in [6.07, 6.45) is 4.81. The van der Waals surface area contributed by atoms with Crippen LogP contribution in [0.15, 0.2) is 42.6 Å². The first kappa shape index (κ1) is 28.9. The van der Waals surface area contributed by atoms with E-state index in [1.165, 1.54) is 6.42 Å². The number of fused-ring (bicyclic) bond motifs is 2. The zero-order chi connectivity index (χ0) is 29.3. The molecular formula is C33H44N6O2. The van der Waals surface area contributed by atoms with E-state index in [0.717, 1.165) is 71.9 Å². The van der Waals surface area contributed by atoms with Crippen LogP contribution in [0.1, 0.15) is 72.6 Å². The van der Waals surface area contributed by atoms with Crippen molar-refractivity contribution in [3.05, 3.63) is 70.4 Å². The van der Waals surface area contributed by atoms with Gasteiger partial charge in [0.25, 0.3) is 5.91 Å². The number of anilines is 3. The van der Waals surface area contributed by atoms with E-state index in [2.05, 4.69) is 47.5 Å². The molecule has 218 valence electrons. The summed E-state index contributed by atoms with van der Waals surface area (Å²) < 4.78 is 1.81.